The van der Waals surface area contributed by atoms with Gasteiger partial charge in [-0.1, -0.05) is 30.7 Å². The first kappa shape index (κ1) is 17.8. The van der Waals surface area contributed by atoms with Crippen molar-refractivity contribution in [2.75, 3.05) is 13.6 Å². The van der Waals surface area contributed by atoms with E-state index >= 15 is 0 Å². The molecule has 118 valence electrons. The van der Waals surface area contributed by atoms with Gasteiger partial charge in [0.05, 0.1) is 6.10 Å². The van der Waals surface area contributed by atoms with E-state index < -0.39 is 17.8 Å². The summed E-state index contributed by atoms with van der Waals surface area (Å²) in [5, 5.41) is 10.9. The lowest BCUT2D eigenvalue weighted by molar-refractivity contribution is 0.0212. The van der Waals surface area contributed by atoms with Crippen LogP contribution in [0.3, 0.4) is 0 Å². The highest BCUT2D eigenvalue weighted by atomic mass is 35.5. The topological polar surface area (TPSA) is 49.8 Å². The summed E-state index contributed by atoms with van der Waals surface area (Å²) in [4.78, 5) is 13.4. The molecule has 2 atom stereocenters. The van der Waals surface area contributed by atoms with Crippen LogP contribution in [0.2, 0.25) is 5.02 Å². The van der Waals surface area contributed by atoms with Gasteiger partial charge in [0.2, 0.25) is 0 Å². The maximum atomic E-state index is 11.9. The average Bonchev–Trinajstić information content (AvgIpc) is 2.35. The van der Waals surface area contributed by atoms with Crippen LogP contribution in [0.5, 0.6) is 0 Å². The van der Waals surface area contributed by atoms with Crippen molar-refractivity contribution in [2.24, 2.45) is 5.92 Å². The molecule has 0 saturated carbocycles. The van der Waals surface area contributed by atoms with Crippen molar-refractivity contribution in [1.29, 1.82) is 0 Å². The number of carbonyl (C=O) groups excluding carboxylic acids is 1. The molecule has 1 aromatic rings. The molecule has 5 heteroatoms. The third kappa shape index (κ3) is 5.94. The smallest absolute Gasteiger partial charge is 0.410 e. The predicted molar refractivity (Wildman–Crippen MR) is 84.4 cm³/mol. The molecule has 0 heterocycles. The van der Waals surface area contributed by atoms with Crippen LogP contribution in [-0.2, 0) is 4.74 Å². The highest BCUT2D eigenvalue weighted by Crippen LogP contribution is 2.25. The zero-order valence-corrected chi connectivity index (χ0v) is 14.0. The van der Waals surface area contributed by atoms with Gasteiger partial charge in [-0.3, -0.25) is 0 Å². The molecule has 0 unspecified atom stereocenters. The van der Waals surface area contributed by atoms with E-state index in [0.29, 0.717) is 11.6 Å². The molecule has 4 nitrogen and oxygen atoms in total. The Balaban J connectivity index is 2.63. The van der Waals surface area contributed by atoms with Crippen LogP contribution in [0.1, 0.15) is 39.4 Å². The summed E-state index contributed by atoms with van der Waals surface area (Å²) >= 11 is 5.93. The third-order valence-electron chi connectivity index (χ3n) is 3.00. The first-order chi connectivity index (χ1) is 9.60. The van der Waals surface area contributed by atoms with Gasteiger partial charge in [-0.15, -0.1) is 0 Å². The molecule has 0 aliphatic rings. The van der Waals surface area contributed by atoms with E-state index in [1.807, 2.05) is 33.8 Å². The quantitative estimate of drug-likeness (QED) is 0.917. The molecule has 0 spiro atoms. The standard InChI is InChI=1S/C16H24ClNO3/c1-11(10-18(5)15(20)21-16(2,3)4)14(19)12-7-6-8-13(17)9-12/h6-9,11,14,19H,10H2,1-5H3/t11-,14+/m0/s1. The molecular formula is C16H24ClNO3. The Bertz CT molecular complexity index is 485. The molecule has 0 aliphatic heterocycles. The highest BCUT2D eigenvalue weighted by Gasteiger charge is 2.24. The Kier molecular flexibility index (Phi) is 6.05. The first-order valence-corrected chi connectivity index (χ1v) is 7.35. The van der Waals surface area contributed by atoms with E-state index in [4.69, 9.17) is 16.3 Å². The molecule has 1 rings (SSSR count). The van der Waals surface area contributed by atoms with Crippen molar-refractivity contribution in [3.63, 3.8) is 0 Å². The number of hydrogen-bond acceptors (Lipinski definition) is 3. The Morgan fingerprint density at radius 1 is 1.43 bits per heavy atom. The molecule has 0 radical (unpaired) electrons. The minimum Gasteiger partial charge on any atom is -0.444 e. The second-order valence-electron chi connectivity index (χ2n) is 6.34. The Labute approximate surface area is 131 Å². The number of aliphatic hydroxyl groups is 1. The van der Waals surface area contributed by atoms with Crippen LogP contribution < -0.4 is 0 Å². The van der Waals surface area contributed by atoms with Gasteiger partial charge in [0, 0.05) is 24.5 Å². The Morgan fingerprint density at radius 2 is 2.05 bits per heavy atom. The molecule has 0 aliphatic carbocycles. The number of rotatable bonds is 4. The van der Waals surface area contributed by atoms with Crippen molar-refractivity contribution in [2.45, 2.75) is 39.4 Å². The minimum absolute atomic E-state index is 0.138. The van der Waals surface area contributed by atoms with Crippen molar-refractivity contribution >= 4 is 17.7 Å². The fourth-order valence-corrected chi connectivity index (χ4v) is 2.16. The summed E-state index contributed by atoms with van der Waals surface area (Å²) in [6, 6.07) is 7.11. The molecule has 1 N–H and O–H groups in total. The molecule has 0 aromatic heterocycles. The second-order valence-corrected chi connectivity index (χ2v) is 6.77. The summed E-state index contributed by atoms with van der Waals surface area (Å²) in [5.41, 5.74) is 0.216. The van der Waals surface area contributed by atoms with Gasteiger partial charge in [0.25, 0.3) is 0 Å². The summed E-state index contributed by atoms with van der Waals surface area (Å²) in [6.07, 6.45) is -1.08. The van der Waals surface area contributed by atoms with Crippen molar-refractivity contribution < 1.29 is 14.6 Å². The predicted octanol–water partition coefficient (Wildman–Crippen LogP) is 3.88. The molecular weight excluding hydrogens is 290 g/mol. The number of hydrogen-bond donors (Lipinski definition) is 1. The van der Waals surface area contributed by atoms with Crippen LogP contribution in [0.25, 0.3) is 0 Å². The van der Waals surface area contributed by atoms with Crippen molar-refractivity contribution in [3.05, 3.63) is 34.9 Å². The number of aliphatic hydroxyl groups excluding tert-OH is 1. The molecule has 0 bridgehead atoms. The normalized spacial score (nSPS) is 14.4. The van der Waals surface area contributed by atoms with Gasteiger partial charge < -0.3 is 14.7 Å². The van der Waals surface area contributed by atoms with Gasteiger partial charge in [0.15, 0.2) is 0 Å². The van der Waals surface area contributed by atoms with E-state index in [9.17, 15) is 9.90 Å². The van der Waals surface area contributed by atoms with Gasteiger partial charge in [-0.2, -0.15) is 0 Å². The van der Waals surface area contributed by atoms with Crippen LogP contribution in [-0.4, -0.2) is 35.3 Å². The van der Waals surface area contributed by atoms with E-state index in [1.165, 1.54) is 4.90 Å². The van der Waals surface area contributed by atoms with E-state index in [1.54, 1.807) is 25.2 Å². The summed E-state index contributed by atoms with van der Waals surface area (Å²) in [5.74, 6) is -0.138. The van der Waals surface area contributed by atoms with Crippen LogP contribution in [0.15, 0.2) is 24.3 Å². The maximum Gasteiger partial charge on any atom is 0.410 e. The minimum atomic E-state index is -0.686. The Hall–Kier alpha value is -1.26. The summed E-state index contributed by atoms with van der Waals surface area (Å²) in [6.45, 7) is 7.74. The SMILES string of the molecule is C[C@@H](CN(C)C(=O)OC(C)(C)C)[C@@H](O)c1cccc(Cl)c1. The number of carbonyl (C=O) groups is 1. The maximum absolute atomic E-state index is 11.9. The molecule has 1 amide bonds. The molecule has 0 fully saturated rings. The number of benzene rings is 1. The number of nitrogens with zero attached hydrogens (tertiary/aromatic N) is 1. The van der Waals surface area contributed by atoms with Crippen LogP contribution >= 0.6 is 11.6 Å². The van der Waals surface area contributed by atoms with E-state index in [-0.39, 0.29) is 5.92 Å². The average molecular weight is 314 g/mol. The first-order valence-electron chi connectivity index (χ1n) is 6.98. The highest BCUT2D eigenvalue weighted by molar-refractivity contribution is 6.30. The second kappa shape index (κ2) is 7.14. The van der Waals surface area contributed by atoms with Gasteiger partial charge >= 0.3 is 6.09 Å². The largest absolute Gasteiger partial charge is 0.444 e. The van der Waals surface area contributed by atoms with Crippen molar-refractivity contribution in [1.82, 2.24) is 4.90 Å². The lowest BCUT2D eigenvalue weighted by atomic mass is 9.97. The fourth-order valence-electron chi connectivity index (χ4n) is 1.97. The Morgan fingerprint density at radius 3 is 2.57 bits per heavy atom. The number of ether oxygens (including phenoxy) is 1. The molecule has 0 saturated heterocycles. The number of halogens is 1. The molecule has 1 aromatic carbocycles. The summed E-state index contributed by atoms with van der Waals surface area (Å²) < 4.78 is 5.29. The van der Waals surface area contributed by atoms with Crippen molar-refractivity contribution in [3.8, 4) is 0 Å². The van der Waals surface area contributed by atoms with Gasteiger partial charge in [-0.25, -0.2) is 4.79 Å². The monoisotopic (exact) mass is 313 g/mol. The summed E-state index contributed by atoms with van der Waals surface area (Å²) in [7, 11) is 1.66. The van der Waals surface area contributed by atoms with E-state index in [0.717, 1.165) is 5.56 Å². The fraction of sp³-hybridized carbons (Fsp3) is 0.562. The molecule has 21 heavy (non-hydrogen) atoms. The number of amides is 1. The van der Waals surface area contributed by atoms with Gasteiger partial charge in [-0.05, 0) is 38.5 Å². The lowest BCUT2D eigenvalue weighted by Crippen LogP contribution is -2.37. The van der Waals surface area contributed by atoms with Crippen LogP contribution in [0, 0.1) is 5.92 Å². The van der Waals surface area contributed by atoms with Crippen LogP contribution in [0.4, 0.5) is 4.79 Å². The van der Waals surface area contributed by atoms with E-state index in [2.05, 4.69) is 0 Å². The third-order valence-corrected chi connectivity index (χ3v) is 3.23. The lowest BCUT2D eigenvalue weighted by Gasteiger charge is -2.28. The zero-order valence-electron chi connectivity index (χ0n) is 13.3. The van der Waals surface area contributed by atoms with Gasteiger partial charge in [0.1, 0.15) is 5.60 Å². The zero-order chi connectivity index (χ0) is 16.2.